The highest BCUT2D eigenvalue weighted by Gasteiger charge is 2.25. The van der Waals surface area contributed by atoms with Crippen LogP contribution in [0, 0.1) is 0 Å². The molecule has 1 saturated heterocycles. The van der Waals surface area contributed by atoms with Gasteiger partial charge in [0.2, 0.25) is 0 Å². The van der Waals surface area contributed by atoms with Crippen molar-refractivity contribution >= 4 is 35.2 Å². The second kappa shape index (κ2) is 5.93. The predicted octanol–water partition coefficient (Wildman–Crippen LogP) is 1.90. The third kappa shape index (κ3) is 3.02. The molecule has 0 bridgehead atoms. The van der Waals surface area contributed by atoms with E-state index in [2.05, 4.69) is 5.32 Å². The number of carbonyl (C=O) groups is 2. The van der Waals surface area contributed by atoms with Gasteiger partial charge in [0, 0.05) is 19.6 Å². The number of nitrogens with one attached hydrogen (secondary N) is 1. The molecule has 0 radical (unpaired) electrons. The maximum absolute atomic E-state index is 12.1. The number of hydrogen-bond acceptors (Lipinski definition) is 3. The summed E-state index contributed by atoms with van der Waals surface area (Å²) >= 11 is 11.8. The van der Waals surface area contributed by atoms with Gasteiger partial charge in [-0.25, -0.2) is 4.79 Å². The summed E-state index contributed by atoms with van der Waals surface area (Å²) in [5.74, 6) is -0.290. The van der Waals surface area contributed by atoms with Crippen LogP contribution in [-0.2, 0) is 11.8 Å². The van der Waals surface area contributed by atoms with Gasteiger partial charge in [0.1, 0.15) is 17.5 Å². The fraction of sp³-hybridized carbons (Fsp3) is 0.500. The van der Waals surface area contributed by atoms with Crippen LogP contribution in [0.25, 0.3) is 0 Å². The average molecular weight is 320 g/mol. The second-order valence-electron chi connectivity index (χ2n) is 4.66. The van der Waals surface area contributed by atoms with Gasteiger partial charge in [0.05, 0.1) is 11.6 Å². The topological polar surface area (TPSA) is 63.6 Å². The van der Waals surface area contributed by atoms with Gasteiger partial charge in [-0.1, -0.05) is 23.2 Å². The van der Waals surface area contributed by atoms with E-state index in [9.17, 15) is 9.59 Å². The zero-order chi connectivity index (χ0) is 14.9. The van der Waals surface area contributed by atoms with Gasteiger partial charge in [0.25, 0.3) is 5.91 Å². The van der Waals surface area contributed by atoms with Crippen LogP contribution in [0.1, 0.15) is 17.4 Å². The van der Waals surface area contributed by atoms with E-state index in [1.54, 1.807) is 11.9 Å². The lowest BCUT2D eigenvalue weighted by molar-refractivity contribution is 0.0922. The molecule has 1 atom stereocenters. The first-order valence-electron chi connectivity index (χ1n) is 6.13. The molecular weight excluding hydrogens is 305 g/mol. The molecule has 1 unspecified atom stereocenters. The van der Waals surface area contributed by atoms with Crippen molar-refractivity contribution in [1.82, 2.24) is 14.8 Å². The number of aromatic nitrogens is 1. The molecule has 110 valence electrons. The minimum Gasteiger partial charge on any atom is -0.448 e. The SMILES string of the molecule is CC(CN1CCOC1=O)NC(=O)c1cc(Cl)c(Cl)n1C. The molecule has 2 heterocycles. The van der Waals surface area contributed by atoms with E-state index in [1.807, 2.05) is 6.92 Å². The molecule has 1 aliphatic heterocycles. The highest BCUT2D eigenvalue weighted by molar-refractivity contribution is 6.41. The van der Waals surface area contributed by atoms with Gasteiger partial charge >= 0.3 is 6.09 Å². The lowest BCUT2D eigenvalue weighted by Gasteiger charge is -2.19. The van der Waals surface area contributed by atoms with Crippen LogP contribution >= 0.6 is 23.2 Å². The minimum atomic E-state index is -0.351. The first-order chi connectivity index (χ1) is 9.40. The van der Waals surface area contributed by atoms with E-state index < -0.39 is 0 Å². The van der Waals surface area contributed by atoms with Gasteiger partial charge in [-0.05, 0) is 13.0 Å². The second-order valence-corrected chi connectivity index (χ2v) is 5.43. The van der Waals surface area contributed by atoms with Crippen LogP contribution in [0.15, 0.2) is 6.07 Å². The molecule has 1 N–H and O–H groups in total. The fourth-order valence-corrected chi connectivity index (χ4v) is 2.40. The lowest BCUT2D eigenvalue weighted by Crippen LogP contribution is -2.42. The predicted molar refractivity (Wildman–Crippen MR) is 75.3 cm³/mol. The maximum atomic E-state index is 12.1. The van der Waals surface area contributed by atoms with Crippen molar-refractivity contribution in [3.63, 3.8) is 0 Å². The highest BCUT2D eigenvalue weighted by atomic mass is 35.5. The molecule has 0 spiro atoms. The number of hydrogen-bond donors (Lipinski definition) is 1. The molecule has 0 saturated carbocycles. The van der Waals surface area contributed by atoms with Crippen LogP contribution < -0.4 is 5.32 Å². The van der Waals surface area contributed by atoms with Crippen LogP contribution in [-0.4, -0.2) is 47.2 Å². The normalized spacial score (nSPS) is 16.2. The summed E-state index contributed by atoms with van der Waals surface area (Å²) in [6, 6.07) is 1.30. The summed E-state index contributed by atoms with van der Waals surface area (Å²) < 4.78 is 6.34. The smallest absolute Gasteiger partial charge is 0.410 e. The lowest BCUT2D eigenvalue weighted by atomic mass is 10.3. The van der Waals surface area contributed by atoms with E-state index in [-0.39, 0.29) is 18.0 Å². The summed E-state index contributed by atoms with van der Waals surface area (Å²) in [6.45, 7) is 3.15. The summed E-state index contributed by atoms with van der Waals surface area (Å²) in [5, 5.41) is 3.44. The number of cyclic esters (lactones) is 1. The monoisotopic (exact) mass is 319 g/mol. The van der Waals surface area contributed by atoms with Crippen molar-refractivity contribution in [2.45, 2.75) is 13.0 Å². The molecule has 1 aromatic rings. The summed E-state index contributed by atoms with van der Waals surface area (Å²) in [5.41, 5.74) is 0.371. The average Bonchev–Trinajstić information content (AvgIpc) is 2.89. The largest absolute Gasteiger partial charge is 0.448 e. The Hall–Kier alpha value is -1.40. The van der Waals surface area contributed by atoms with Gasteiger partial charge < -0.3 is 19.5 Å². The Labute approximate surface area is 126 Å². The standard InChI is InChI=1S/C12H15Cl2N3O3/c1-7(6-17-3-4-20-12(17)19)15-11(18)9-5-8(13)10(14)16(9)2/h5,7H,3-4,6H2,1-2H3,(H,15,18). The summed E-state index contributed by atoms with van der Waals surface area (Å²) in [6.07, 6.45) is -0.351. The van der Waals surface area contributed by atoms with Crippen molar-refractivity contribution in [3.05, 3.63) is 21.9 Å². The zero-order valence-electron chi connectivity index (χ0n) is 11.2. The van der Waals surface area contributed by atoms with Crippen molar-refractivity contribution in [3.8, 4) is 0 Å². The molecule has 1 fully saturated rings. The minimum absolute atomic E-state index is 0.208. The molecule has 6 nitrogen and oxygen atoms in total. The molecule has 0 aliphatic carbocycles. The Morgan fingerprint density at radius 1 is 1.55 bits per heavy atom. The Bertz CT molecular complexity index is 544. The summed E-state index contributed by atoms with van der Waals surface area (Å²) in [4.78, 5) is 25.0. The van der Waals surface area contributed by atoms with Crippen molar-refractivity contribution in [2.24, 2.45) is 7.05 Å². The van der Waals surface area contributed by atoms with Crippen LogP contribution in [0.4, 0.5) is 4.79 Å². The maximum Gasteiger partial charge on any atom is 0.410 e. The zero-order valence-corrected chi connectivity index (χ0v) is 12.7. The quantitative estimate of drug-likeness (QED) is 0.922. The number of halogens is 2. The Kier molecular flexibility index (Phi) is 4.45. The van der Waals surface area contributed by atoms with Crippen LogP contribution in [0.2, 0.25) is 10.2 Å². The Morgan fingerprint density at radius 3 is 2.75 bits per heavy atom. The van der Waals surface area contributed by atoms with E-state index in [1.165, 1.54) is 10.6 Å². The van der Waals surface area contributed by atoms with Gasteiger partial charge in [-0.15, -0.1) is 0 Å². The molecule has 1 aromatic heterocycles. The molecule has 1 aliphatic rings. The highest BCUT2D eigenvalue weighted by Crippen LogP contribution is 2.25. The van der Waals surface area contributed by atoms with Crippen molar-refractivity contribution < 1.29 is 14.3 Å². The van der Waals surface area contributed by atoms with Crippen LogP contribution in [0.5, 0.6) is 0 Å². The number of rotatable bonds is 4. The Balaban J connectivity index is 1.96. The molecule has 0 aromatic carbocycles. The number of carbonyl (C=O) groups excluding carboxylic acids is 2. The molecule has 2 amide bonds. The van der Waals surface area contributed by atoms with Crippen molar-refractivity contribution in [1.29, 1.82) is 0 Å². The molecule has 20 heavy (non-hydrogen) atoms. The fourth-order valence-electron chi connectivity index (χ4n) is 2.03. The summed E-state index contributed by atoms with van der Waals surface area (Å²) in [7, 11) is 1.66. The van der Waals surface area contributed by atoms with E-state index >= 15 is 0 Å². The van der Waals surface area contributed by atoms with Gasteiger partial charge in [-0.2, -0.15) is 0 Å². The number of amides is 2. The molecule has 2 rings (SSSR count). The molecular formula is C12H15Cl2N3O3. The third-order valence-electron chi connectivity index (χ3n) is 3.07. The number of ether oxygens (including phenoxy) is 1. The first-order valence-corrected chi connectivity index (χ1v) is 6.89. The molecule has 8 heteroatoms. The number of nitrogens with zero attached hydrogens (tertiary/aromatic N) is 2. The Morgan fingerprint density at radius 2 is 2.25 bits per heavy atom. The van der Waals surface area contributed by atoms with E-state index in [0.29, 0.717) is 35.6 Å². The first kappa shape index (κ1) is 15.0. The van der Waals surface area contributed by atoms with E-state index in [4.69, 9.17) is 27.9 Å². The third-order valence-corrected chi connectivity index (χ3v) is 3.91. The van der Waals surface area contributed by atoms with Gasteiger partial charge in [0.15, 0.2) is 0 Å². The van der Waals surface area contributed by atoms with Crippen molar-refractivity contribution in [2.75, 3.05) is 19.7 Å². The van der Waals surface area contributed by atoms with E-state index in [0.717, 1.165) is 0 Å². The van der Waals surface area contributed by atoms with Crippen LogP contribution in [0.3, 0.4) is 0 Å². The van der Waals surface area contributed by atoms with Gasteiger partial charge in [-0.3, -0.25) is 4.79 Å².